The molecule has 1 N–H and O–H groups in total. The fraction of sp³-hybridized carbons (Fsp3) is 0.118. The number of anilines is 1. The third kappa shape index (κ3) is 3.41. The molecule has 1 amide bonds. The molecule has 3 rings (SSSR count). The second-order valence-corrected chi connectivity index (χ2v) is 5.65. The van der Waals surface area contributed by atoms with Crippen LogP contribution in [-0.4, -0.2) is 29.5 Å². The van der Waals surface area contributed by atoms with E-state index in [1.807, 2.05) is 30.5 Å². The Hall–Kier alpha value is -2.80. The SMILES string of the molecule is COc1cccc(C(=O)Nc2nnc(-c3ccccc3SC)o2)c1. The average molecular weight is 341 g/mol. The van der Waals surface area contributed by atoms with Crippen molar-refractivity contribution >= 4 is 23.7 Å². The lowest BCUT2D eigenvalue weighted by Gasteiger charge is -2.03. The van der Waals surface area contributed by atoms with Crippen molar-refractivity contribution in [1.29, 1.82) is 0 Å². The van der Waals surface area contributed by atoms with Crippen LogP contribution in [0.5, 0.6) is 5.75 Å². The van der Waals surface area contributed by atoms with Crippen LogP contribution in [0, 0.1) is 0 Å². The van der Waals surface area contributed by atoms with Crippen molar-refractivity contribution in [2.75, 3.05) is 18.7 Å². The molecule has 3 aromatic rings. The average Bonchev–Trinajstić information content (AvgIpc) is 3.10. The molecule has 0 saturated heterocycles. The zero-order chi connectivity index (χ0) is 16.9. The minimum absolute atomic E-state index is 0.0497. The summed E-state index contributed by atoms with van der Waals surface area (Å²) < 4.78 is 10.7. The molecule has 0 atom stereocenters. The second-order valence-electron chi connectivity index (χ2n) is 4.80. The van der Waals surface area contributed by atoms with Gasteiger partial charge in [-0.05, 0) is 36.6 Å². The summed E-state index contributed by atoms with van der Waals surface area (Å²) in [5.41, 5.74) is 1.28. The maximum atomic E-state index is 12.3. The van der Waals surface area contributed by atoms with Gasteiger partial charge in [0.15, 0.2) is 0 Å². The zero-order valence-corrected chi connectivity index (χ0v) is 14.0. The number of methoxy groups -OCH3 is 1. The highest BCUT2D eigenvalue weighted by atomic mass is 32.2. The summed E-state index contributed by atoms with van der Waals surface area (Å²) in [6, 6.07) is 14.6. The maximum absolute atomic E-state index is 12.3. The summed E-state index contributed by atoms with van der Waals surface area (Å²) >= 11 is 1.59. The smallest absolute Gasteiger partial charge is 0.322 e. The monoisotopic (exact) mass is 341 g/mol. The maximum Gasteiger partial charge on any atom is 0.322 e. The van der Waals surface area contributed by atoms with Gasteiger partial charge in [0.1, 0.15) is 5.75 Å². The van der Waals surface area contributed by atoms with Crippen LogP contribution >= 0.6 is 11.8 Å². The van der Waals surface area contributed by atoms with Crippen molar-refractivity contribution in [1.82, 2.24) is 10.2 Å². The van der Waals surface area contributed by atoms with Crippen molar-refractivity contribution in [3.8, 4) is 17.2 Å². The van der Waals surface area contributed by atoms with E-state index >= 15 is 0 Å². The summed E-state index contributed by atoms with van der Waals surface area (Å²) in [5, 5.41) is 10.5. The number of thioether (sulfide) groups is 1. The van der Waals surface area contributed by atoms with Gasteiger partial charge in [-0.3, -0.25) is 10.1 Å². The van der Waals surface area contributed by atoms with Crippen molar-refractivity contribution < 1.29 is 13.9 Å². The summed E-state index contributed by atoms with van der Waals surface area (Å²) in [7, 11) is 1.55. The number of aromatic nitrogens is 2. The second kappa shape index (κ2) is 7.18. The lowest BCUT2D eigenvalue weighted by atomic mass is 10.2. The zero-order valence-electron chi connectivity index (χ0n) is 13.1. The molecule has 6 nitrogen and oxygen atoms in total. The molecule has 0 fully saturated rings. The van der Waals surface area contributed by atoms with Crippen LogP contribution in [0.4, 0.5) is 6.01 Å². The fourth-order valence-corrected chi connectivity index (χ4v) is 2.73. The molecule has 1 aromatic heterocycles. The van der Waals surface area contributed by atoms with Crippen LogP contribution in [0.15, 0.2) is 57.8 Å². The Balaban J connectivity index is 1.80. The predicted molar refractivity (Wildman–Crippen MR) is 92.5 cm³/mol. The van der Waals surface area contributed by atoms with E-state index in [0.717, 1.165) is 10.5 Å². The van der Waals surface area contributed by atoms with Gasteiger partial charge in [-0.25, -0.2) is 0 Å². The number of benzene rings is 2. The van der Waals surface area contributed by atoms with E-state index in [1.54, 1.807) is 43.1 Å². The normalized spacial score (nSPS) is 10.4. The van der Waals surface area contributed by atoms with Gasteiger partial charge in [-0.1, -0.05) is 23.3 Å². The largest absolute Gasteiger partial charge is 0.497 e. The number of carbonyl (C=O) groups excluding carboxylic acids is 1. The van der Waals surface area contributed by atoms with Crippen LogP contribution in [-0.2, 0) is 0 Å². The number of nitrogens with zero attached hydrogens (tertiary/aromatic N) is 2. The van der Waals surface area contributed by atoms with E-state index in [9.17, 15) is 4.79 Å². The molecule has 0 bridgehead atoms. The number of hydrogen-bond acceptors (Lipinski definition) is 6. The number of hydrogen-bond donors (Lipinski definition) is 1. The Morgan fingerprint density at radius 1 is 1.17 bits per heavy atom. The topological polar surface area (TPSA) is 77.2 Å². The number of nitrogens with one attached hydrogen (secondary N) is 1. The highest BCUT2D eigenvalue weighted by Gasteiger charge is 2.15. The molecular formula is C17H15N3O3S. The fourth-order valence-electron chi connectivity index (χ4n) is 2.14. The van der Waals surface area contributed by atoms with E-state index in [1.165, 1.54) is 0 Å². The standard InChI is InChI=1S/C17H15N3O3S/c1-22-12-7-5-6-11(10-12)15(21)18-17-20-19-16(23-17)13-8-3-4-9-14(13)24-2/h3-10H,1-2H3,(H,18,20,21). The molecule has 2 aromatic carbocycles. The van der Waals surface area contributed by atoms with Crippen molar-refractivity contribution in [2.24, 2.45) is 0 Å². The number of carbonyl (C=O) groups is 1. The van der Waals surface area contributed by atoms with Gasteiger partial charge in [0.25, 0.3) is 11.8 Å². The highest BCUT2D eigenvalue weighted by molar-refractivity contribution is 7.98. The first-order valence-electron chi connectivity index (χ1n) is 7.13. The molecule has 0 spiro atoms. The molecule has 122 valence electrons. The summed E-state index contributed by atoms with van der Waals surface area (Å²) in [6.45, 7) is 0. The van der Waals surface area contributed by atoms with Gasteiger partial charge in [0, 0.05) is 10.5 Å². The van der Waals surface area contributed by atoms with Crippen molar-refractivity contribution in [2.45, 2.75) is 4.90 Å². The van der Waals surface area contributed by atoms with E-state index in [0.29, 0.717) is 17.2 Å². The number of amides is 1. The molecule has 0 aliphatic heterocycles. The Kier molecular flexibility index (Phi) is 4.81. The quantitative estimate of drug-likeness (QED) is 0.713. The van der Waals surface area contributed by atoms with Crippen LogP contribution in [0.3, 0.4) is 0 Å². The van der Waals surface area contributed by atoms with E-state index < -0.39 is 0 Å². The van der Waals surface area contributed by atoms with Gasteiger partial charge < -0.3 is 9.15 Å². The van der Waals surface area contributed by atoms with Crippen LogP contribution in [0.2, 0.25) is 0 Å². The van der Waals surface area contributed by atoms with Crippen molar-refractivity contribution in [3.05, 3.63) is 54.1 Å². The predicted octanol–water partition coefficient (Wildman–Crippen LogP) is 3.72. The highest BCUT2D eigenvalue weighted by Crippen LogP contribution is 2.29. The lowest BCUT2D eigenvalue weighted by Crippen LogP contribution is -2.12. The van der Waals surface area contributed by atoms with E-state index in [2.05, 4.69) is 15.5 Å². The van der Waals surface area contributed by atoms with Gasteiger partial charge >= 0.3 is 6.01 Å². The molecular weight excluding hydrogens is 326 g/mol. The first-order chi connectivity index (χ1) is 11.7. The molecule has 0 radical (unpaired) electrons. The Morgan fingerprint density at radius 2 is 2.00 bits per heavy atom. The number of ether oxygens (including phenoxy) is 1. The Bertz CT molecular complexity index is 864. The molecule has 1 heterocycles. The van der Waals surface area contributed by atoms with Crippen molar-refractivity contribution in [3.63, 3.8) is 0 Å². The van der Waals surface area contributed by atoms with E-state index in [-0.39, 0.29) is 11.9 Å². The van der Waals surface area contributed by atoms with E-state index in [4.69, 9.17) is 9.15 Å². The van der Waals surface area contributed by atoms with Gasteiger partial charge in [-0.15, -0.1) is 16.9 Å². The molecule has 0 aliphatic rings. The summed E-state index contributed by atoms with van der Waals surface area (Å²) in [4.78, 5) is 13.3. The third-order valence-corrected chi connectivity index (χ3v) is 4.11. The number of rotatable bonds is 5. The molecule has 7 heteroatoms. The first kappa shape index (κ1) is 16.1. The van der Waals surface area contributed by atoms with Gasteiger partial charge in [-0.2, -0.15) is 0 Å². The van der Waals surface area contributed by atoms with Gasteiger partial charge in [0.05, 0.1) is 12.7 Å². The summed E-state index contributed by atoms with van der Waals surface area (Å²) in [5.74, 6) is 0.617. The molecule has 0 unspecified atom stereocenters. The van der Waals surface area contributed by atoms with Crippen LogP contribution in [0.25, 0.3) is 11.5 Å². The lowest BCUT2D eigenvalue weighted by molar-refractivity contribution is 0.102. The minimum Gasteiger partial charge on any atom is -0.497 e. The minimum atomic E-state index is -0.345. The molecule has 24 heavy (non-hydrogen) atoms. The molecule has 0 saturated carbocycles. The Morgan fingerprint density at radius 3 is 2.79 bits per heavy atom. The molecule has 0 aliphatic carbocycles. The first-order valence-corrected chi connectivity index (χ1v) is 8.36. The van der Waals surface area contributed by atoms with Gasteiger partial charge in [0.2, 0.25) is 0 Å². The van der Waals surface area contributed by atoms with Crippen LogP contribution < -0.4 is 10.1 Å². The van der Waals surface area contributed by atoms with Crippen LogP contribution in [0.1, 0.15) is 10.4 Å². The third-order valence-electron chi connectivity index (χ3n) is 3.31. The summed E-state index contributed by atoms with van der Waals surface area (Å²) in [6.07, 6.45) is 1.97. The Labute approximate surface area is 143 Å².